The van der Waals surface area contributed by atoms with Gasteiger partial charge in [0.2, 0.25) is 5.91 Å². The van der Waals surface area contributed by atoms with Crippen molar-refractivity contribution in [3.05, 3.63) is 59.1 Å². The molecule has 2 aromatic rings. The van der Waals surface area contributed by atoms with Crippen LogP contribution in [0.25, 0.3) is 0 Å². The van der Waals surface area contributed by atoms with Crippen LogP contribution in [0.3, 0.4) is 0 Å². The van der Waals surface area contributed by atoms with Gasteiger partial charge in [-0.3, -0.25) is 9.78 Å². The number of benzene rings is 1. The van der Waals surface area contributed by atoms with Gasteiger partial charge in [-0.2, -0.15) is 10.2 Å². The van der Waals surface area contributed by atoms with Gasteiger partial charge < -0.3 is 11.1 Å². The largest absolute Gasteiger partial charge is 0.367 e. The second-order valence-corrected chi connectivity index (χ2v) is 4.74. The summed E-state index contributed by atoms with van der Waals surface area (Å²) in [4.78, 5) is 15.3. The number of rotatable bonds is 5. The van der Waals surface area contributed by atoms with Crippen LogP contribution >= 0.6 is 11.6 Å². The molecular weight excluding hydrogens is 309 g/mol. The summed E-state index contributed by atoms with van der Waals surface area (Å²) in [6.07, 6.45) is 2.82. The van der Waals surface area contributed by atoms with Crippen LogP contribution in [0.4, 0.5) is 10.1 Å². The summed E-state index contributed by atoms with van der Waals surface area (Å²) >= 11 is 5.76. The number of primary amides is 1. The maximum absolute atomic E-state index is 12.9. The fourth-order valence-electron chi connectivity index (χ4n) is 1.62. The van der Waals surface area contributed by atoms with Gasteiger partial charge in [0.05, 0.1) is 16.9 Å². The molecule has 0 saturated heterocycles. The van der Waals surface area contributed by atoms with Crippen molar-refractivity contribution in [3.63, 3.8) is 0 Å². The Morgan fingerprint density at radius 2 is 2.00 bits per heavy atom. The summed E-state index contributed by atoms with van der Waals surface area (Å²) in [6, 6.07) is 5.30. The normalized spacial score (nSPS) is 12.3. The van der Waals surface area contributed by atoms with Crippen molar-refractivity contribution < 1.29 is 9.18 Å². The molecule has 22 heavy (non-hydrogen) atoms. The number of nitrogens with one attached hydrogen (secondary N) is 1. The van der Waals surface area contributed by atoms with Crippen LogP contribution in [-0.4, -0.2) is 22.6 Å². The van der Waals surface area contributed by atoms with E-state index in [0.717, 1.165) is 0 Å². The van der Waals surface area contributed by atoms with E-state index in [1.165, 1.54) is 42.7 Å². The second-order valence-electron chi connectivity index (χ2n) is 4.30. The zero-order valence-electron chi connectivity index (χ0n) is 11.2. The number of carbonyl (C=O) groups excluding carboxylic acids is 1. The molecule has 0 fully saturated rings. The second kappa shape index (κ2) is 6.86. The van der Waals surface area contributed by atoms with E-state index in [1.807, 2.05) is 0 Å². The van der Waals surface area contributed by atoms with E-state index >= 15 is 0 Å². The van der Waals surface area contributed by atoms with Crippen molar-refractivity contribution in [1.82, 2.24) is 4.98 Å². The van der Waals surface area contributed by atoms with E-state index in [1.54, 1.807) is 0 Å². The minimum atomic E-state index is -1.29. The molecule has 3 N–H and O–H groups in total. The van der Waals surface area contributed by atoms with Gasteiger partial charge in [-0.15, -0.1) is 0 Å². The summed E-state index contributed by atoms with van der Waals surface area (Å²) in [5.41, 5.74) is 5.73. The minimum Gasteiger partial charge on any atom is -0.367 e. The number of halogens is 2. The molecule has 1 atom stereocenters. The SMILES string of the molecule is N=C(c1ccc(F)cc1)C(N=Nc1cncc(Cl)c1)C(N)=O. The molecule has 0 spiro atoms. The zero-order chi connectivity index (χ0) is 16.1. The number of carbonyl (C=O) groups is 1. The first-order valence-electron chi connectivity index (χ1n) is 6.12. The van der Waals surface area contributed by atoms with Gasteiger partial charge in [-0.25, -0.2) is 4.39 Å². The number of nitrogens with zero attached hydrogens (tertiary/aromatic N) is 3. The number of pyridine rings is 1. The monoisotopic (exact) mass is 319 g/mol. The van der Waals surface area contributed by atoms with Gasteiger partial charge in [0.15, 0.2) is 6.04 Å². The number of hydrogen-bond donors (Lipinski definition) is 2. The Morgan fingerprint density at radius 3 is 2.59 bits per heavy atom. The molecule has 1 unspecified atom stereocenters. The first-order chi connectivity index (χ1) is 10.5. The molecule has 1 aromatic carbocycles. The van der Waals surface area contributed by atoms with Gasteiger partial charge >= 0.3 is 0 Å². The highest BCUT2D eigenvalue weighted by Crippen LogP contribution is 2.17. The molecule has 1 heterocycles. The van der Waals surface area contributed by atoms with E-state index in [9.17, 15) is 9.18 Å². The summed E-state index contributed by atoms with van der Waals surface area (Å²) in [7, 11) is 0. The Labute approximate surface area is 130 Å². The lowest BCUT2D eigenvalue weighted by Crippen LogP contribution is -2.34. The lowest BCUT2D eigenvalue weighted by molar-refractivity contribution is -0.117. The average Bonchev–Trinajstić information content (AvgIpc) is 2.47. The number of aromatic nitrogens is 1. The standard InChI is InChI=1S/C14H11ClFN5O/c15-9-5-11(7-19-6-9)20-21-13(14(18)22)12(17)8-1-3-10(16)4-2-8/h1-7,13,17H,(H2,18,22). The zero-order valence-corrected chi connectivity index (χ0v) is 12.0. The number of amides is 1. The average molecular weight is 320 g/mol. The van der Waals surface area contributed by atoms with Gasteiger partial charge in [0, 0.05) is 6.20 Å². The third-order valence-electron chi connectivity index (χ3n) is 2.68. The topological polar surface area (TPSA) is 105 Å². The third kappa shape index (κ3) is 3.92. The molecule has 0 radical (unpaired) electrons. The molecule has 1 aromatic heterocycles. The van der Waals surface area contributed by atoms with Crippen LogP contribution in [0, 0.1) is 11.2 Å². The number of azo groups is 1. The Morgan fingerprint density at radius 1 is 1.32 bits per heavy atom. The van der Waals surface area contributed by atoms with E-state index in [4.69, 9.17) is 22.7 Å². The Bertz CT molecular complexity index is 732. The van der Waals surface area contributed by atoms with Crippen molar-refractivity contribution in [2.24, 2.45) is 16.0 Å². The molecule has 0 saturated carbocycles. The molecule has 0 aliphatic rings. The summed E-state index contributed by atoms with van der Waals surface area (Å²) in [6.45, 7) is 0. The maximum Gasteiger partial charge on any atom is 0.250 e. The van der Waals surface area contributed by atoms with Gasteiger partial charge in [0.1, 0.15) is 11.5 Å². The van der Waals surface area contributed by atoms with Crippen LogP contribution in [0.5, 0.6) is 0 Å². The van der Waals surface area contributed by atoms with Crippen molar-refractivity contribution in [1.29, 1.82) is 5.41 Å². The van der Waals surface area contributed by atoms with E-state index in [-0.39, 0.29) is 5.71 Å². The maximum atomic E-state index is 12.9. The molecule has 2 rings (SSSR count). The van der Waals surface area contributed by atoms with E-state index in [0.29, 0.717) is 16.3 Å². The quantitative estimate of drug-likeness (QED) is 0.653. The molecule has 0 bridgehead atoms. The molecule has 0 aliphatic heterocycles. The van der Waals surface area contributed by atoms with Crippen molar-refractivity contribution in [2.45, 2.75) is 6.04 Å². The predicted octanol–water partition coefficient (Wildman–Crippen LogP) is 2.88. The summed E-state index contributed by atoms with van der Waals surface area (Å²) in [5.74, 6) is -1.29. The molecule has 1 amide bonds. The van der Waals surface area contributed by atoms with Gasteiger partial charge in [-0.05, 0) is 23.8 Å². The Hall–Kier alpha value is -2.67. The molecule has 8 heteroatoms. The van der Waals surface area contributed by atoms with Crippen LogP contribution < -0.4 is 5.73 Å². The summed E-state index contributed by atoms with van der Waals surface area (Å²) in [5, 5.41) is 15.9. The molecule has 6 nitrogen and oxygen atoms in total. The van der Waals surface area contributed by atoms with Crippen LogP contribution in [-0.2, 0) is 4.79 Å². The fourth-order valence-corrected chi connectivity index (χ4v) is 1.79. The minimum absolute atomic E-state index is 0.175. The highest BCUT2D eigenvalue weighted by molar-refractivity contribution is 6.30. The van der Waals surface area contributed by atoms with Gasteiger partial charge in [0.25, 0.3) is 0 Å². The smallest absolute Gasteiger partial charge is 0.250 e. The first kappa shape index (κ1) is 15.7. The Kier molecular flexibility index (Phi) is 4.90. The third-order valence-corrected chi connectivity index (χ3v) is 2.88. The van der Waals surface area contributed by atoms with Crippen molar-refractivity contribution in [3.8, 4) is 0 Å². The highest BCUT2D eigenvalue weighted by Gasteiger charge is 2.22. The molecule has 112 valence electrons. The van der Waals surface area contributed by atoms with Crippen LogP contribution in [0.2, 0.25) is 5.02 Å². The van der Waals surface area contributed by atoms with Crippen LogP contribution in [0.15, 0.2) is 53.0 Å². The number of hydrogen-bond acceptors (Lipinski definition) is 5. The first-order valence-corrected chi connectivity index (χ1v) is 6.50. The predicted molar refractivity (Wildman–Crippen MR) is 80.0 cm³/mol. The lowest BCUT2D eigenvalue weighted by Gasteiger charge is -2.09. The lowest BCUT2D eigenvalue weighted by atomic mass is 10.0. The van der Waals surface area contributed by atoms with E-state index in [2.05, 4.69) is 15.2 Å². The number of nitrogens with two attached hydrogens (primary N) is 1. The van der Waals surface area contributed by atoms with Gasteiger partial charge in [-0.1, -0.05) is 23.7 Å². The highest BCUT2D eigenvalue weighted by atomic mass is 35.5. The molecular formula is C14H11ClFN5O. The Balaban J connectivity index is 2.25. The fraction of sp³-hybridized carbons (Fsp3) is 0.0714. The molecule has 0 aliphatic carbocycles. The summed E-state index contributed by atoms with van der Waals surface area (Å²) < 4.78 is 12.9. The van der Waals surface area contributed by atoms with E-state index < -0.39 is 17.8 Å². The van der Waals surface area contributed by atoms with Crippen LogP contribution in [0.1, 0.15) is 5.56 Å². The van der Waals surface area contributed by atoms with Crippen molar-refractivity contribution in [2.75, 3.05) is 0 Å². The van der Waals surface area contributed by atoms with Crippen molar-refractivity contribution >= 4 is 28.9 Å².